The quantitative estimate of drug-likeness (QED) is 0.913. The van der Waals surface area contributed by atoms with E-state index in [1.54, 1.807) is 13.8 Å². The molecule has 6 nitrogen and oxygen atoms in total. The minimum Gasteiger partial charge on any atom is -0.444 e. The lowest BCUT2D eigenvalue weighted by Crippen LogP contribution is -2.46. The standard InChI is InChI=1S/C20H23N3O3/c1-13-10-23(11-18(25-13)16-7-5-4-6-8-16)12-19(24)22-20-17(9-21)14(2)15(3)26-20/h4-8,13,18H,10-12H2,1-3H3,(H,22,24). The van der Waals surface area contributed by atoms with Gasteiger partial charge in [0.15, 0.2) is 0 Å². The fraction of sp³-hybridized carbons (Fsp3) is 0.400. The number of hydrogen-bond acceptors (Lipinski definition) is 5. The number of nitrogens with one attached hydrogen (secondary N) is 1. The molecule has 1 aliphatic heterocycles. The molecule has 0 spiro atoms. The van der Waals surface area contributed by atoms with Crippen LogP contribution in [0.25, 0.3) is 0 Å². The lowest BCUT2D eigenvalue weighted by molar-refractivity contribution is -0.122. The topological polar surface area (TPSA) is 78.5 Å². The van der Waals surface area contributed by atoms with Crippen molar-refractivity contribution < 1.29 is 13.9 Å². The Bertz CT molecular complexity index is 823. The number of amides is 1. The van der Waals surface area contributed by atoms with Gasteiger partial charge in [0.05, 0.1) is 18.8 Å². The molecule has 1 amide bonds. The van der Waals surface area contributed by atoms with Crippen LogP contribution in [0.15, 0.2) is 34.7 Å². The minimum absolute atomic E-state index is 0.0320. The van der Waals surface area contributed by atoms with Crippen LogP contribution in [-0.4, -0.2) is 36.5 Å². The van der Waals surface area contributed by atoms with Crippen LogP contribution in [-0.2, 0) is 9.53 Å². The number of anilines is 1. The van der Waals surface area contributed by atoms with E-state index in [4.69, 9.17) is 9.15 Å². The molecule has 0 aliphatic carbocycles. The number of furan rings is 1. The molecule has 136 valence electrons. The Labute approximate surface area is 153 Å². The molecule has 1 N–H and O–H groups in total. The molecule has 2 heterocycles. The van der Waals surface area contributed by atoms with Crippen LogP contribution in [0.2, 0.25) is 0 Å². The Morgan fingerprint density at radius 3 is 2.73 bits per heavy atom. The Hall–Kier alpha value is -2.62. The largest absolute Gasteiger partial charge is 0.444 e. The minimum atomic E-state index is -0.198. The zero-order valence-electron chi connectivity index (χ0n) is 15.3. The van der Waals surface area contributed by atoms with Gasteiger partial charge in [0, 0.05) is 18.7 Å². The van der Waals surface area contributed by atoms with Crippen molar-refractivity contribution in [2.75, 3.05) is 25.0 Å². The maximum Gasteiger partial charge on any atom is 0.240 e. The molecule has 0 bridgehead atoms. The van der Waals surface area contributed by atoms with Gasteiger partial charge in [-0.2, -0.15) is 5.26 Å². The highest BCUT2D eigenvalue weighted by atomic mass is 16.5. The molecular weight excluding hydrogens is 330 g/mol. The smallest absolute Gasteiger partial charge is 0.240 e. The predicted molar refractivity (Wildman–Crippen MR) is 97.7 cm³/mol. The molecule has 1 fully saturated rings. The Balaban J connectivity index is 1.65. The van der Waals surface area contributed by atoms with Crippen LogP contribution in [0.4, 0.5) is 5.88 Å². The summed E-state index contributed by atoms with van der Waals surface area (Å²) in [4.78, 5) is 14.5. The van der Waals surface area contributed by atoms with E-state index in [0.717, 1.165) is 11.1 Å². The Morgan fingerprint density at radius 1 is 1.31 bits per heavy atom. The third-order valence-corrected chi connectivity index (χ3v) is 4.62. The highest BCUT2D eigenvalue weighted by Gasteiger charge is 2.28. The summed E-state index contributed by atoms with van der Waals surface area (Å²) in [5, 5.41) is 12.0. The van der Waals surface area contributed by atoms with E-state index in [1.165, 1.54) is 0 Å². The predicted octanol–water partition coefficient (Wildman–Crippen LogP) is 3.17. The summed E-state index contributed by atoms with van der Waals surface area (Å²) in [6.07, 6.45) is -0.0277. The first kappa shape index (κ1) is 18.2. The van der Waals surface area contributed by atoms with E-state index < -0.39 is 0 Å². The number of morpholine rings is 1. The SMILES string of the molecule is Cc1oc(NC(=O)CN2CC(C)OC(c3ccccc3)C2)c(C#N)c1C. The summed E-state index contributed by atoms with van der Waals surface area (Å²) in [5.41, 5.74) is 2.24. The van der Waals surface area contributed by atoms with E-state index in [2.05, 4.69) is 16.3 Å². The van der Waals surface area contributed by atoms with Crippen LogP contribution >= 0.6 is 0 Å². The van der Waals surface area contributed by atoms with E-state index in [1.807, 2.05) is 37.3 Å². The van der Waals surface area contributed by atoms with Crippen molar-refractivity contribution in [3.8, 4) is 6.07 Å². The van der Waals surface area contributed by atoms with Gasteiger partial charge in [0.2, 0.25) is 11.8 Å². The average Bonchev–Trinajstić information content (AvgIpc) is 2.88. The number of ether oxygens (including phenoxy) is 1. The van der Waals surface area contributed by atoms with Crippen molar-refractivity contribution in [3.63, 3.8) is 0 Å². The van der Waals surface area contributed by atoms with Crippen molar-refractivity contribution in [1.82, 2.24) is 4.90 Å². The number of rotatable bonds is 4. The van der Waals surface area contributed by atoms with Gasteiger partial charge in [-0.3, -0.25) is 15.0 Å². The summed E-state index contributed by atoms with van der Waals surface area (Å²) < 4.78 is 11.5. The number of nitrogens with zero attached hydrogens (tertiary/aromatic N) is 2. The molecule has 0 saturated carbocycles. The second-order valence-corrected chi connectivity index (χ2v) is 6.69. The maximum absolute atomic E-state index is 12.5. The molecule has 0 radical (unpaired) electrons. The van der Waals surface area contributed by atoms with Crippen LogP contribution < -0.4 is 5.32 Å². The maximum atomic E-state index is 12.5. The molecule has 6 heteroatoms. The van der Waals surface area contributed by atoms with E-state index >= 15 is 0 Å². The van der Waals surface area contributed by atoms with Gasteiger partial charge in [-0.05, 0) is 26.3 Å². The lowest BCUT2D eigenvalue weighted by atomic mass is 10.1. The van der Waals surface area contributed by atoms with Crippen LogP contribution in [0.5, 0.6) is 0 Å². The third kappa shape index (κ3) is 3.96. The molecule has 1 aliphatic rings. The molecule has 1 aromatic heterocycles. The van der Waals surface area contributed by atoms with Gasteiger partial charge in [0.1, 0.15) is 17.4 Å². The molecule has 2 aromatic rings. The number of aryl methyl sites for hydroxylation is 1. The van der Waals surface area contributed by atoms with Crippen molar-refractivity contribution in [2.24, 2.45) is 0 Å². The van der Waals surface area contributed by atoms with Crippen LogP contribution in [0, 0.1) is 25.2 Å². The highest BCUT2D eigenvalue weighted by Crippen LogP contribution is 2.27. The number of carbonyl (C=O) groups is 1. The summed E-state index contributed by atoms with van der Waals surface area (Å²) in [6.45, 7) is 7.13. The molecular formula is C20H23N3O3. The van der Waals surface area contributed by atoms with Crippen molar-refractivity contribution in [3.05, 3.63) is 52.8 Å². The van der Waals surface area contributed by atoms with Gasteiger partial charge >= 0.3 is 0 Å². The second-order valence-electron chi connectivity index (χ2n) is 6.69. The first-order chi connectivity index (χ1) is 12.5. The Kier molecular flexibility index (Phi) is 5.40. The summed E-state index contributed by atoms with van der Waals surface area (Å²) >= 11 is 0. The monoisotopic (exact) mass is 353 g/mol. The fourth-order valence-electron chi connectivity index (χ4n) is 3.24. The number of carbonyl (C=O) groups excluding carboxylic acids is 1. The average molecular weight is 353 g/mol. The molecule has 1 saturated heterocycles. The molecule has 2 unspecified atom stereocenters. The van der Waals surface area contributed by atoms with E-state index in [-0.39, 0.29) is 30.5 Å². The van der Waals surface area contributed by atoms with Crippen molar-refractivity contribution in [2.45, 2.75) is 33.0 Å². The van der Waals surface area contributed by atoms with E-state index in [9.17, 15) is 10.1 Å². The summed E-state index contributed by atoms with van der Waals surface area (Å²) in [6, 6.07) is 12.1. The molecule has 26 heavy (non-hydrogen) atoms. The second kappa shape index (κ2) is 7.73. The first-order valence-electron chi connectivity index (χ1n) is 8.70. The number of nitriles is 1. The zero-order chi connectivity index (χ0) is 18.7. The number of benzene rings is 1. The summed E-state index contributed by atoms with van der Waals surface area (Å²) in [5.74, 6) is 0.672. The zero-order valence-corrected chi connectivity index (χ0v) is 15.3. The van der Waals surface area contributed by atoms with Crippen LogP contribution in [0.1, 0.15) is 35.5 Å². The van der Waals surface area contributed by atoms with Gasteiger partial charge in [-0.15, -0.1) is 0 Å². The van der Waals surface area contributed by atoms with Crippen molar-refractivity contribution >= 4 is 11.8 Å². The molecule has 3 rings (SSSR count). The van der Waals surface area contributed by atoms with Crippen molar-refractivity contribution in [1.29, 1.82) is 5.26 Å². The fourth-order valence-corrected chi connectivity index (χ4v) is 3.24. The van der Waals surface area contributed by atoms with Crippen LogP contribution in [0.3, 0.4) is 0 Å². The highest BCUT2D eigenvalue weighted by molar-refractivity contribution is 5.92. The van der Waals surface area contributed by atoms with E-state index in [0.29, 0.717) is 24.4 Å². The molecule has 2 atom stereocenters. The van der Waals surface area contributed by atoms with Gasteiger partial charge < -0.3 is 9.15 Å². The normalized spacial score (nSPS) is 20.5. The number of hydrogen-bond donors (Lipinski definition) is 1. The molecule has 1 aromatic carbocycles. The first-order valence-corrected chi connectivity index (χ1v) is 8.70. The summed E-state index contributed by atoms with van der Waals surface area (Å²) in [7, 11) is 0. The lowest BCUT2D eigenvalue weighted by Gasteiger charge is -2.36. The van der Waals surface area contributed by atoms with Gasteiger partial charge in [-0.25, -0.2) is 0 Å². The Morgan fingerprint density at radius 2 is 2.04 bits per heavy atom. The third-order valence-electron chi connectivity index (χ3n) is 4.62. The van der Waals surface area contributed by atoms with Gasteiger partial charge in [0.25, 0.3) is 0 Å². The van der Waals surface area contributed by atoms with Gasteiger partial charge in [-0.1, -0.05) is 30.3 Å².